The fourth-order valence-corrected chi connectivity index (χ4v) is 1.86. The van der Waals surface area contributed by atoms with Crippen LogP contribution in [0.2, 0.25) is 0 Å². The maximum absolute atomic E-state index is 11.7. The van der Waals surface area contributed by atoms with E-state index in [9.17, 15) is 4.79 Å². The summed E-state index contributed by atoms with van der Waals surface area (Å²) in [6, 6.07) is 6.02. The molecular formula is C11H16NO4PS. The number of carbonyl (C=O) groups is 1. The molecular weight excluding hydrogens is 273 g/mol. The summed E-state index contributed by atoms with van der Waals surface area (Å²) in [5.74, 6) is 0.428. The zero-order valence-electron chi connectivity index (χ0n) is 10.2. The van der Waals surface area contributed by atoms with Crippen LogP contribution in [0.25, 0.3) is 0 Å². The molecule has 7 heteroatoms. The Morgan fingerprint density at radius 3 is 2.39 bits per heavy atom. The second-order valence-electron chi connectivity index (χ2n) is 4.21. The highest BCUT2D eigenvalue weighted by Crippen LogP contribution is 2.37. The van der Waals surface area contributed by atoms with Crippen molar-refractivity contribution in [1.29, 1.82) is 0 Å². The number of hydrogen-bond acceptors (Lipinski definition) is 3. The summed E-state index contributed by atoms with van der Waals surface area (Å²) in [6.45, 7) is 0.896. The maximum Gasteiger partial charge on any atom is 0.375 e. The summed E-state index contributed by atoms with van der Waals surface area (Å²) in [7, 11) is 0. The number of nitrogens with one attached hydrogen (secondary N) is 1. The zero-order chi connectivity index (χ0) is 13.8. The van der Waals surface area contributed by atoms with Crippen molar-refractivity contribution in [3.05, 3.63) is 29.8 Å². The Hall–Kier alpha value is -0.940. The molecule has 0 spiro atoms. The molecule has 0 radical (unpaired) electrons. The minimum atomic E-state index is -3.72. The Morgan fingerprint density at radius 2 is 1.94 bits per heavy atom. The Balaban J connectivity index is 2.65. The van der Waals surface area contributed by atoms with Gasteiger partial charge in [-0.15, -0.1) is 0 Å². The van der Waals surface area contributed by atoms with E-state index < -0.39 is 6.72 Å². The molecule has 1 aromatic carbocycles. The Bertz CT molecular complexity index is 455. The van der Waals surface area contributed by atoms with Crippen LogP contribution in [0.4, 0.5) is 0 Å². The van der Waals surface area contributed by atoms with Gasteiger partial charge in [0.25, 0.3) is 5.91 Å². The molecule has 0 aromatic heterocycles. The molecule has 0 saturated heterocycles. The van der Waals surface area contributed by atoms with Gasteiger partial charge in [0, 0.05) is 23.9 Å². The van der Waals surface area contributed by atoms with Crippen molar-refractivity contribution < 1.29 is 19.1 Å². The third kappa shape index (κ3) is 5.60. The van der Waals surface area contributed by atoms with Crippen LogP contribution in [0, 0.1) is 5.92 Å². The summed E-state index contributed by atoms with van der Waals surface area (Å²) in [4.78, 5) is 29.6. The van der Waals surface area contributed by atoms with Gasteiger partial charge >= 0.3 is 6.72 Å². The van der Waals surface area contributed by atoms with Gasteiger partial charge in [-0.2, -0.15) is 0 Å². The van der Waals surface area contributed by atoms with Crippen LogP contribution in [0.15, 0.2) is 24.3 Å². The van der Waals surface area contributed by atoms with Gasteiger partial charge in [0.05, 0.1) is 0 Å². The van der Waals surface area contributed by atoms with Gasteiger partial charge in [-0.05, 0) is 30.2 Å². The minimum absolute atomic E-state index is 0.178. The first-order valence-corrected chi connectivity index (χ1v) is 8.04. The van der Waals surface area contributed by atoms with Crippen molar-refractivity contribution in [2.24, 2.45) is 5.92 Å². The van der Waals surface area contributed by atoms with E-state index in [1.54, 1.807) is 0 Å². The lowest BCUT2D eigenvalue weighted by Gasteiger charge is -2.11. The predicted molar refractivity (Wildman–Crippen MR) is 73.0 cm³/mol. The SMILES string of the molecule is CC(C)CNC(=O)c1ccc(OP(O)(O)=S)cc1. The van der Waals surface area contributed by atoms with E-state index in [2.05, 4.69) is 17.1 Å². The van der Waals surface area contributed by atoms with Crippen LogP contribution in [0.1, 0.15) is 24.2 Å². The molecule has 1 amide bonds. The fourth-order valence-electron chi connectivity index (χ4n) is 1.20. The second-order valence-corrected chi connectivity index (χ2v) is 6.80. The summed E-state index contributed by atoms with van der Waals surface area (Å²) in [6.07, 6.45) is 0. The predicted octanol–water partition coefficient (Wildman–Crippen LogP) is 1.66. The fraction of sp³-hybridized carbons (Fsp3) is 0.364. The van der Waals surface area contributed by atoms with Crippen molar-refractivity contribution in [2.75, 3.05) is 6.54 Å². The van der Waals surface area contributed by atoms with Gasteiger partial charge in [0.2, 0.25) is 0 Å². The number of benzene rings is 1. The lowest BCUT2D eigenvalue weighted by molar-refractivity contribution is 0.0949. The quantitative estimate of drug-likeness (QED) is 0.718. The van der Waals surface area contributed by atoms with E-state index in [4.69, 9.17) is 14.3 Å². The second kappa shape index (κ2) is 6.29. The number of carbonyl (C=O) groups excluding carboxylic acids is 1. The van der Waals surface area contributed by atoms with Crippen molar-refractivity contribution in [1.82, 2.24) is 5.32 Å². The van der Waals surface area contributed by atoms with Crippen molar-refractivity contribution in [2.45, 2.75) is 13.8 Å². The smallest absolute Gasteiger partial charge is 0.375 e. The van der Waals surface area contributed by atoms with Crippen LogP contribution >= 0.6 is 6.72 Å². The van der Waals surface area contributed by atoms with E-state index in [0.717, 1.165) is 0 Å². The van der Waals surface area contributed by atoms with Gasteiger partial charge in [0.15, 0.2) is 0 Å². The van der Waals surface area contributed by atoms with Gasteiger partial charge in [-0.25, -0.2) is 0 Å². The molecule has 0 bridgehead atoms. The highest BCUT2D eigenvalue weighted by Gasteiger charge is 2.11. The standard InChI is InChI=1S/C11H16NO4PS/c1-8(2)7-12-11(13)9-3-5-10(6-4-9)16-17(14,15)18/h3-6,8H,7H2,1-2H3,(H,12,13)(H2,14,15,18). The van der Waals surface area contributed by atoms with Gasteiger partial charge in [-0.3, -0.25) is 4.79 Å². The molecule has 0 fully saturated rings. The normalized spacial score (nSPS) is 11.4. The van der Waals surface area contributed by atoms with Gasteiger partial charge in [0.1, 0.15) is 5.75 Å². The molecule has 18 heavy (non-hydrogen) atoms. The molecule has 0 atom stereocenters. The highest BCUT2D eigenvalue weighted by atomic mass is 32.5. The van der Waals surface area contributed by atoms with Crippen LogP contribution in [0.5, 0.6) is 5.75 Å². The minimum Gasteiger partial charge on any atom is -0.424 e. The molecule has 5 nitrogen and oxygen atoms in total. The average molecular weight is 289 g/mol. The molecule has 0 aliphatic rings. The highest BCUT2D eigenvalue weighted by molar-refractivity contribution is 8.06. The van der Waals surface area contributed by atoms with Crippen molar-refractivity contribution in [3.63, 3.8) is 0 Å². The van der Waals surface area contributed by atoms with E-state index in [1.165, 1.54) is 24.3 Å². The molecule has 1 aromatic rings. The number of amides is 1. The van der Waals surface area contributed by atoms with Crippen LogP contribution in [0.3, 0.4) is 0 Å². The number of hydrogen-bond donors (Lipinski definition) is 3. The Kier molecular flexibility index (Phi) is 5.28. The summed E-state index contributed by atoms with van der Waals surface area (Å²) in [5.41, 5.74) is 0.479. The summed E-state index contributed by atoms with van der Waals surface area (Å²) in [5, 5.41) is 2.77. The summed E-state index contributed by atoms with van der Waals surface area (Å²) < 4.78 is 4.74. The molecule has 100 valence electrons. The van der Waals surface area contributed by atoms with E-state index >= 15 is 0 Å². The first-order valence-electron chi connectivity index (χ1n) is 5.41. The first kappa shape index (κ1) is 15.1. The average Bonchev–Trinajstić information content (AvgIpc) is 2.24. The van der Waals surface area contributed by atoms with Crippen LogP contribution in [-0.4, -0.2) is 22.2 Å². The van der Waals surface area contributed by atoms with Gasteiger partial charge in [-0.1, -0.05) is 13.8 Å². The molecule has 0 unspecified atom stereocenters. The van der Waals surface area contributed by atoms with Crippen molar-refractivity contribution >= 4 is 24.4 Å². The van der Waals surface area contributed by atoms with Crippen LogP contribution in [-0.2, 0) is 11.8 Å². The van der Waals surface area contributed by atoms with Crippen LogP contribution < -0.4 is 9.84 Å². The van der Waals surface area contributed by atoms with E-state index in [-0.39, 0.29) is 11.7 Å². The topological polar surface area (TPSA) is 78.8 Å². The Morgan fingerprint density at radius 1 is 1.39 bits per heavy atom. The molecule has 0 aliphatic carbocycles. The molecule has 3 N–H and O–H groups in total. The zero-order valence-corrected chi connectivity index (χ0v) is 11.9. The van der Waals surface area contributed by atoms with E-state index in [1.807, 2.05) is 13.8 Å². The third-order valence-corrected chi connectivity index (χ3v) is 2.68. The molecule has 0 heterocycles. The first-order chi connectivity index (χ1) is 8.28. The lowest BCUT2D eigenvalue weighted by Crippen LogP contribution is -2.27. The van der Waals surface area contributed by atoms with Crippen molar-refractivity contribution in [3.8, 4) is 5.75 Å². The van der Waals surface area contributed by atoms with Gasteiger partial charge < -0.3 is 19.6 Å². The molecule has 0 saturated carbocycles. The lowest BCUT2D eigenvalue weighted by atomic mass is 10.2. The maximum atomic E-state index is 11.7. The summed E-state index contributed by atoms with van der Waals surface area (Å²) >= 11 is 4.34. The molecule has 1 rings (SSSR count). The molecule has 0 aliphatic heterocycles. The van der Waals surface area contributed by atoms with E-state index in [0.29, 0.717) is 18.0 Å². The Labute approximate surface area is 111 Å². The third-order valence-electron chi connectivity index (χ3n) is 2.01. The monoisotopic (exact) mass is 289 g/mol. The largest absolute Gasteiger partial charge is 0.424 e. The number of rotatable bonds is 5.